The van der Waals surface area contributed by atoms with Gasteiger partial charge in [0.1, 0.15) is 23.8 Å². The molecule has 0 spiro atoms. The highest BCUT2D eigenvalue weighted by Gasteiger charge is 2.22. The second-order valence-corrected chi connectivity index (χ2v) is 9.18. The number of halogens is 2. The summed E-state index contributed by atoms with van der Waals surface area (Å²) in [5.41, 5.74) is 4.40. The standard InChI is InChI=1S/C26H26ClFN4O2/c1-16-12-30-22(21-6-5-7-25(31-21)26(3,4)33)11-23(16)32-14-20(27)24(10-17(32)2)34-15-19-9-8-18(28)13-29-19/h5-13,33H,14-15H2,1-4H3. The minimum Gasteiger partial charge on any atom is -0.486 e. The second-order valence-electron chi connectivity index (χ2n) is 8.72. The molecule has 0 saturated heterocycles. The Kier molecular flexibility index (Phi) is 6.68. The summed E-state index contributed by atoms with van der Waals surface area (Å²) >= 11 is 6.60. The Balaban J connectivity index is 1.57. The Morgan fingerprint density at radius 2 is 1.91 bits per heavy atom. The lowest BCUT2D eigenvalue weighted by molar-refractivity contribution is 0.0740. The molecule has 3 aromatic heterocycles. The highest BCUT2D eigenvalue weighted by atomic mass is 35.5. The van der Waals surface area contributed by atoms with Crippen molar-refractivity contribution in [3.05, 3.63) is 94.1 Å². The first-order valence-corrected chi connectivity index (χ1v) is 11.2. The number of allylic oxidation sites excluding steroid dienone is 2. The van der Waals surface area contributed by atoms with Gasteiger partial charge in [0.25, 0.3) is 0 Å². The average Bonchev–Trinajstić information content (AvgIpc) is 2.80. The van der Waals surface area contributed by atoms with E-state index in [1.165, 1.54) is 6.07 Å². The van der Waals surface area contributed by atoms with Gasteiger partial charge in [-0.3, -0.25) is 9.97 Å². The average molecular weight is 481 g/mol. The van der Waals surface area contributed by atoms with E-state index in [2.05, 4.69) is 19.9 Å². The molecule has 1 aliphatic rings. The van der Waals surface area contributed by atoms with E-state index in [9.17, 15) is 9.50 Å². The molecule has 0 amide bonds. The zero-order valence-electron chi connectivity index (χ0n) is 19.5. The lowest BCUT2D eigenvalue weighted by atomic mass is 10.0. The monoisotopic (exact) mass is 480 g/mol. The van der Waals surface area contributed by atoms with E-state index in [0.717, 1.165) is 23.1 Å². The van der Waals surface area contributed by atoms with Crippen LogP contribution in [0.2, 0.25) is 0 Å². The zero-order valence-corrected chi connectivity index (χ0v) is 20.3. The highest BCUT2D eigenvalue weighted by molar-refractivity contribution is 6.30. The minimum atomic E-state index is -1.05. The zero-order chi connectivity index (χ0) is 24.5. The van der Waals surface area contributed by atoms with Crippen molar-refractivity contribution in [1.82, 2.24) is 15.0 Å². The summed E-state index contributed by atoms with van der Waals surface area (Å²) in [7, 11) is 0. The quantitative estimate of drug-likeness (QED) is 0.495. The lowest BCUT2D eigenvalue weighted by Gasteiger charge is -2.31. The van der Waals surface area contributed by atoms with Gasteiger partial charge in [0.2, 0.25) is 0 Å². The van der Waals surface area contributed by atoms with Crippen LogP contribution in [0.3, 0.4) is 0 Å². The van der Waals surface area contributed by atoms with Gasteiger partial charge in [-0.25, -0.2) is 9.37 Å². The van der Waals surface area contributed by atoms with Crippen LogP contribution in [0, 0.1) is 12.7 Å². The number of aromatic nitrogens is 3. The van der Waals surface area contributed by atoms with Gasteiger partial charge < -0.3 is 14.7 Å². The van der Waals surface area contributed by atoms with Crippen molar-refractivity contribution >= 4 is 17.3 Å². The van der Waals surface area contributed by atoms with Gasteiger partial charge >= 0.3 is 0 Å². The van der Waals surface area contributed by atoms with Crippen molar-refractivity contribution in [2.75, 3.05) is 11.4 Å². The van der Waals surface area contributed by atoms with Crippen LogP contribution in [-0.4, -0.2) is 26.6 Å². The molecule has 4 heterocycles. The van der Waals surface area contributed by atoms with E-state index in [1.54, 1.807) is 32.2 Å². The topological polar surface area (TPSA) is 71.4 Å². The van der Waals surface area contributed by atoms with Crippen LogP contribution < -0.4 is 4.90 Å². The predicted octanol–water partition coefficient (Wildman–Crippen LogP) is 5.60. The number of ether oxygens (including phenoxy) is 1. The van der Waals surface area contributed by atoms with Gasteiger partial charge in [0, 0.05) is 23.7 Å². The number of nitrogens with zero attached hydrogens (tertiary/aromatic N) is 4. The van der Waals surface area contributed by atoms with E-state index in [1.807, 2.05) is 38.1 Å². The van der Waals surface area contributed by atoms with Crippen LogP contribution in [0.25, 0.3) is 11.4 Å². The highest BCUT2D eigenvalue weighted by Crippen LogP contribution is 2.33. The fourth-order valence-corrected chi connectivity index (χ4v) is 3.82. The number of hydrogen-bond acceptors (Lipinski definition) is 6. The van der Waals surface area contributed by atoms with E-state index >= 15 is 0 Å². The molecule has 1 aliphatic heterocycles. The summed E-state index contributed by atoms with van der Waals surface area (Å²) in [6.45, 7) is 8.00. The Morgan fingerprint density at radius 3 is 2.62 bits per heavy atom. The number of aryl methyl sites for hydroxylation is 1. The Labute approximate surface area is 203 Å². The van der Waals surface area contributed by atoms with Crippen molar-refractivity contribution in [1.29, 1.82) is 0 Å². The van der Waals surface area contributed by atoms with Crippen LogP contribution in [0.4, 0.5) is 10.1 Å². The maximum absolute atomic E-state index is 13.1. The summed E-state index contributed by atoms with van der Waals surface area (Å²) in [4.78, 5) is 15.3. The molecule has 8 heteroatoms. The molecule has 34 heavy (non-hydrogen) atoms. The van der Waals surface area contributed by atoms with Crippen LogP contribution in [0.1, 0.15) is 37.7 Å². The molecule has 0 radical (unpaired) electrons. The van der Waals surface area contributed by atoms with Gasteiger partial charge in [-0.05, 0) is 63.6 Å². The van der Waals surface area contributed by atoms with Gasteiger partial charge in [-0.1, -0.05) is 17.7 Å². The van der Waals surface area contributed by atoms with Crippen LogP contribution in [0.15, 0.2) is 71.4 Å². The molecule has 6 nitrogen and oxygen atoms in total. The molecule has 4 rings (SSSR count). The molecule has 0 unspecified atom stereocenters. The van der Waals surface area contributed by atoms with E-state index in [4.69, 9.17) is 16.3 Å². The number of anilines is 1. The number of rotatable bonds is 6. The molecule has 176 valence electrons. The first-order chi connectivity index (χ1) is 16.1. The van der Waals surface area contributed by atoms with Crippen molar-refractivity contribution in [3.63, 3.8) is 0 Å². The normalized spacial score (nSPS) is 14.3. The maximum Gasteiger partial charge on any atom is 0.141 e. The van der Waals surface area contributed by atoms with E-state index in [-0.39, 0.29) is 12.4 Å². The smallest absolute Gasteiger partial charge is 0.141 e. The number of aliphatic hydroxyl groups is 1. The number of pyridine rings is 3. The summed E-state index contributed by atoms with van der Waals surface area (Å²) in [6.07, 6.45) is 4.84. The largest absolute Gasteiger partial charge is 0.486 e. The fourth-order valence-electron chi connectivity index (χ4n) is 3.59. The third-order valence-electron chi connectivity index (χ3n) is 5.50. The fraction of sp³-hybridized carbons (Fsp3) is 0.269. The first-order valence-electron chi connectivity index (χ1n) is 10.9. The van der Waals surface area contributed by atoms with Gasteiger partial charge in [-0.2, -0.15) is 0 Å². The Bertz CT molecular complexity index is 1270. The molecular weight excluding hydrogens is 455 g/mol. The predicted molar refractivity (Wildman–Crippen MR) is 130 cm³/mol. The lowest BCUT2D eigenvalue weighted by Crippen LogP contribution is -2.27. The molecule has 1 N–H and O–H groups in total. The van der Waals surface area contributed by atoms with Crippen molar-refractivity contribution < 1.29 is 14.2 Å². The molecule has 3 aromatic rings. The summed E-state index contributed by atoms with van der Waals surface area (Å²) < 4.78 is 18.9. The van der Waals surface area contributed by atoms with Gasteiger partial charge in [-0.15, -0.1) is 0 Å². The van der Waals surface area contributed by atoms with Crippen molar-refractivity contribution in [2.45, 2.75) is 39.9 Å². The molecule has 0 aromatic carbocycles. The third-order valence-corrected chi connectivity index (χ3v) is 5.80. The molecule has 0 aliphatic carbocycles. The summed E-state index contributed by atoms with van der Waals surface area (Å²) in [5, 5.41) is 10.9. The van der Waals surface area contributed by atoms with Crippen molar-refractivity contribution in [3.8, 4) is 11.4 Å². The van der Waals surface area contributed by atoms with E-state index < -0.39 is 5.60 Å². The number of hydrogen-bond donors (Lipinski definition) is 1. The SMILES string of the molecule is CC1=CC(OCc2ccc(F)cn2)=C(Cl)CN1c1cc(-c2cccc(C(C)(C)O)n2)ncc1C. The van der Waals surface area contributed by atoms with Crippen LogP contribution in [0.5, 0.6) is 0 Å². The minimum absolute atomic E-state index is 0.192. The van der Waals surface area contributed by atoms with Crippen LogP contribution >= 0.6 is 11.6 Å². The van der Waals surface area contributed by atoms with Crippen molar-refractivity contribution in [2.24, 2.45) is 0 Å². The van der Waals surface area contributed by atoms with Gasteiger partial charge in [0.05, 0.1) is 40.5 Å². The second kappa shape index (κ2) is 9.52. The molecule has 0 saturated carbocycles. The molecule has 0 bridgehead atoms. The molecular formula is C26H26ClFN4O2. The molecule has 0 fully saturated rings. The van der Waals surface area contributed by atoms with Crippen LogP contribution in [-0.2, 0) is 16.9 Å². The van der Waals surface area contributed by atoms with E-state index in [0.29, 0.717) is 40.1 Å². The summed E-state index contributed by atoms with van der Waals surface area (Å²) in [6, 6.07) is 10.4. The van der Waals surface area contributed by atoms with Gasteiger partial charge in [0.15, 0.2) is 0 Å². The summed E-state index contributed by atoms with van der Waals surface area (Å²) in [5.74, 6) is 0.173. The first kappa shape index (κ1) is 23.9. The maximum atomic E-state index is 13.1. The Morgan fingerprint density at radius 1 is 1.12 bits per heavy atom. The third kappa shape index (κ3) is 5.26. The molecule has 0 atom stereocenters. The Hall–Kier alpha value is -3.29.